The summed E-state index contributed by atoms with van der Waals surface area (Å²) in [5.74, 6) is 0. The smallest absolute Gasteiger partial charge is 0.258 e. The highest BCUT2D eigenvalue weighted by atomic mass is 16.6. The van der Waals surface area contributed by atoms with Crippen LogP contribution in [0.2, 0.25) is 0 Å². The molecule has 3 aromatic rings. The second kappa shape index (κ2) is 5.46. The van der Waals surface area contributed by atoms with Crippen LogP contribution in [0.4, 0.5) is 5.69 Å². The molecule has 0 bridgehead atoms. The average molecular weight is 291 g/mol. The molecule has 0 aliphatic rings. The summed E-state index contributed by atoms with van der Waals surface area (Å²) in [6.45, 7) is 0. The number of pyridine rings is 1. The van der Waals surface area contributed by atoms with Gasteiger partial charge >= 0.3 is 0 Å². The Morgan fingerprint density at radius 2 is 1.91 bits per heavy atom. The van der Waals surface area contributed by atoms with Crippen LogP contribution in [0.5, 0.6) is 0 Å². The third kappa shape index (κ3) is 2.41. The minimum absolute atomic E-state index is 0.0145. The molecular formula is C15H9N5O2. The quantitative estimate of drug-likeness (QED) is 0.546. The average Bonchev–Trinajstić information content (AvgIpc) is 3.00. The summed E-state index contributed by atoms with van der Waals surface area (Å²) in [5, 5.41) is 24.3. The van der Waals surface area contributed by atoms with Gasteiger partial charge in [-0.25, -0.2) is 4.68 Å². The molecule has 0 unspecified atom stereocenters. The molecule has 0 fully saturated rings. The first-order chi connectivity index (χ1) is 10.7. The van der Waals surface area contributed by atoms with Crippen LogP contribution in [0.15, 0.2) is 54.7 Å². The van der Waals surface area contributed by atoms with E-state index in [0.717, 1.165) is 0 Å². The predicted octanol–water partition coefficient (Wildman–Crippen LogP) is 2.71. The monoisotopic (exact) mass is 291 g/mol. The highest BCUT2D eigenvalue weighted by Crippen LogP contribution is 2.21. The molecule has 0 aliphatic carbocycles. The molecule has 2 aromatic heterocycles. The lowest BCUT2D eigenvalue weighted by atomic mass is 10.2. The molecule has 106 valence electrons. The van der Waals surface area contributed by atoms with Gasteiger partial charge in [-0.2, -0.15) is 10.4 Å². The number of aromatic nitrogens is 3. The van der Waals surface area contributed by atoms with Gasteiger partial charge in [0.25, 0.3) is 5.69 Å². The normalized spacial score (nSPS) is 10.1. The number of rotatable bonds is 3. The molecule has 0 amide bonds. The molecule has 7 heteroatoms. The summed E-state index contributed by atoms with van der Waals surface area (Å²) in [7, 11) is 0. The first-order valence-electron chi connectivity index (χ1n) is 6.35. The SMILES string of the molecule is N#Cc1cc(-c2ccccn2)nn1-c1ccc([N+](=O)[O-])cc1. The summed E-state index contributed by atoms with van der Waals surface area (Å²) < 4.78 is 1.44. The van der Waals surface area contributed by atoms with E-state index in [0.29, 0.717) is 22.8 Å². The zero-order valence-electron chi connectivity index (χ0n) is 11.2. The van der Waals surface area contributed by atoms with Gasteiger partial charge in [0.05, 0.1) is 16.3 Å². The van der Waals surface area contributed by atoms with Crippen LogP contribution in [0.1, 0.15) is 5.69 Å². The van der Waals surface area contributed by atoms with Crippen LogP contribution in [-0.4, -0.2) is 19.7 Å². The summed E-state index contributed by atoms with van der Waals surface area (Å²) >= 11 is 0. The van der Waals surface area contributed by atoms with Crippen molar-refractivity contribution in [3.8, 4) is 23.1 Å². The lowest BCUT2D eigenvalue weighted by Crippen LogP contribution is -2.00. The Bertz CT molecular complexity index is 863. The molecule has 1 aromatic carbocycles. The van der Waals surface area contributed by atoms with Gasteiger partial charge in [-0.05, 0) is 24.3 Å². The number of nitriles is 1. The summed E-state index contributed by atoms with van der Waals surface area (Å²) in [6.07, 6.45) is 1.65. The largest absolute Gasteiger partial charge is 0.269 e. The first kappa shape index (κ1) is 13.5. The fraction of sp³-hybridized carbons (Fsp3) is 0. The van der Waals surface area contributed by atoms with Crippen molar-refractivity contribution < 1.29 is 4.92 Å². The van der Waals surface area contributed by atoms with E-state index in [4.69, 9.17) is 0 Å². The van der Waals surface area contributed by atoms with Gasteiger partial charge in [-0.15, -0.1) is 0 Å². The van der Waals surface area contributed by atoms with Crippen molar-refractivity contribution in [2.45, 2.75) is 0 Å². The van der Waals surface area contributed by atoms with Gasteiger partial charge in [-0.3, -0.25) is 15.1 Å². The number of nitrogens with zero attached hydrogens (tertiary/aromatic N) is 5. The van der Waals surface area contributed by atoms with Crippen molar-refractivity contribution in [2.24, 2.45) is 0 Å². The Morgan fingerprint density at radius 3 is 2.50 bits per heavy atom. The van der Waals surface area contributed by atoms with Gasteiger partial charge in [0.2, 0.25) is 0 Å². The summed E-state index contributed by atoms with van der Waals surface area (Å²) in [6, 6.07) is 15.0. The topological polar surface area (TPSA) is 97.6 Å². The van der Waals surface area contributed by atoms with E-state index in [1.54, 1.807) is 36.5 Å². The van der Waals surface area contributed by atoms with Gasteiger partial charge in [-0.1, -0.05) is 6.07 Å². The number of hydrogen-bond donors (Lipinski definition) is 0. The first-order valence-corrected chi connectivity index (χ1v) is 6.35. The number of benzene rings is 1. The van der Waals surface area contributed by atoms with E-state index in [1.807, 2.05) is 6.07 Å². The summed E-state index contributed by atoms with van der Waals surface area (Å²) in [4.78, 5) is 14.4. The minimum Gasteiger partial charge on any atom is -0.258 e. The molecule has 2 heterocycles. The fourth-order valence-corrected chi connectivity index (χ4v) is 2.01. The predicted molar refractivity (Wildman–Crippen MR) is 78.2 cm³/mol. The number of nitro benzene ring substituents is 1. The van der Waals surface area contributed by atoms with Crippen LogP contribution in [0, 0.1) is 21.4 Å². The zero-order chi connectivity index (χ0) is 15.5. The molecule has 3 rings (SSSR count). The molecule has 0 radical (unpaired) electrons. The van der Waals surface area contributed by atoms with E-state index < -0.39 is 4.92 Å². The van der Waals surface area contributed by atoms with E-state index in [1.165, 1.54) is 16.8 Å². The highest BCUT2D eigenvalue weighted by Gasteiger charge is 2.12. The van der Waals surface area contributed by atoms with Gasteiger partial charge in [0.1, 0.15) is 17.5 Å². The van der Waals surface area contributed by atoms with Crippen molar-refractivity contribution in [3.63, 3.8) is 0 Å². The lowest BCUT2D eigenvalue weighted by Gasteiger charge is -2.02. The maximum atomic E-state index is 10.7. The van der Waals surface area contributed by atoms with Crippen molar-refractivity contribution in [3.05, 3.63) is 70.5 Å². The van der Waals surface area contributed by atoms with Crippen LogP contribution in [0.25, 0.3) is 17.1 Å². The zero-order valence-corrected chi connectivity index (χ0v) is 11.2. The van der Waals surface area contributed by atoms with Crippen molar-refractivity contribution in [2.75, 3.05) is 0 Å². The third-order valence-electron chi connectivity index (χ3n) is 3.06. The number of nitro groups is 1. The molecular weight excluding hydrogens is 282 g/mol. The molecule has 7 nitrogen and oxygen atoms in total. The van der Waals surface area contributed by atoms with Crippen LogP contribution < -0.4 is 0 Å². The Kier molecular flexibility index (Phi) is 3.34. The minimum atomic E-state index is -0.475. The van der Waals surface area contributed by atoms with Gasteiger partial charge in [0, 0.05) is 24.4 Å². The number of hydrogen-bond acceptors (Lipinski definition) is 5. The lowest BCUT2D eigenvalue weighted by molar-refractivity contribution is -0.384. The van der Waals surface area contributed by atoms with E-state index in [9.17, 15) is 15.4 Å². The Balaban J connectivity index is 2.06. The third-order valence-corrected chi connectivity index (χ3v) is 3.06. The molecule has 0 aliphatic heterocycles. The highest BCUT2D eigenvalue weighted by molar-refractivity contribution is 5.57. The Morgan fingerprint density at radius 1 is 1.14 bits per heavy atom. The van der Waals surface area contributed by atoms with Gasteiger partial charge < -0.3 is 0 Å². The molecule has 22 heavy (non-hydrogen) atoms. The van der Waals surface area contributed by atoms with E-state index >= 15 is 0 Å². The Labute approximate surface area is 125 Å². The maximum Gasteiger partial charge on any atom is 0.269 e. The van der Waals surface area contributed by atoms with E-state index in [-0.39, 0.29) is 5.69 Å². The fourth-order valence-electron chi connectivity index (χ4n) is 2.01. The molecule has 0 N–H and O–H groups in total. The van der Waals surface area contributed by atoms with Gasteiger partial charge in [0.15, 0.2) is 0 Å². The number of non-ortho nitro benzene ring substituents is 1. The van der Waals surface area contributed by atoms with E-state index in [2.05, 4.69) is 16.2 Å². The molecule has 0 spiro atoms. The van der Waals surface area contributed by atoms with Crippen LogP contribution >= 0.6 is 0 Å². The van der Waals surface area contributed by atoms with Crippen molar-refractivity contribution >= 4 is 5.69 Å². The van der Waals surface area contributed by atoms with Crippen molar-refractivity contribution in [1.82, 2.24) is 14.8 Å². The molecule has 0 saturated carbocycles. The standard InChI is InChI=1S/C15H9N5O2/c16-10-13-9-15(14-3-1-2-8-17-14)18-19(13)11-4-6-12(7-5-11)20(21)22/h1-9H. The molecule has 0 atom stereocenters. The van der Waals surface area contributed by atoms with Crippen LogP contribution in [-0.2, 0) is 0 Å². The molecule has 0 saturated heterocycles. The summed E-state index contributed by atoms with van der Waals surface area (Å²) in [5.41, 5.74) is 2.10. The second-order valence-corrected chi connectivity index (χ2v) is 4.43. The Hall–Kier alpha value is -3.53. The van der Waals surface area contributed by atoms with Crippen molar-refractivity contribution in [1.29, 1.82) is 5.26 Å². The van der Waals surface area contributed by atoms with Crippen LogP contribution in [0.3, 0.4) is 0 Å². The second-order valence-electron chi connectivity index (χ2n) is 4.43. The maximum absolute atomic E-state index is 10.7.